The van der Waals surface area contributed by atoms with E-state index in [0.717, 1.165) is 33.5 Å². The molecule has 0 aliphatic carbocycles. The van der Waals surface area contributed by atoms with Crippen molar-refractivity contribution in [3.63, 3.8) is 0 Å². The van der Waals surface area contributed by atoms with E-state index < -0.39 is 0 Å². The fraction of sp³-hybridized carbons (Fsp3) is 0.286. The minimum Gasteiger partial charge on any atom is -0.454 e. The molecular weight excluding hydrogens is 347 g/mol. The molecule has 0 bridgehead atoms. The van der Waals surface area contributed by atoms with E-state index in [1.807, 2.05) is 12.1 Å². The zero-order valence-electron chi connectivity index (χ0n) is 15.3. The van der Waals surface area contributed by atoms with E-state index in [1.165, 1.54) is 12.1 Å². The fourth-order valence-electron chi connectivity index (χ4n) is 3.19. The van der Waals surface area contributed by atoms with Crippen LogP contribution in [0.2, 0.25) is 0 Å². The highest BCUT2D eigenvalue weighted by Crippen LogP contribution is 2.37. The van der Waals surface area contributed by atoms with E-state index in [-0.39, 0.29) is 18.7 Å². The summed E-state index contributed by atoms with van der Waals surface area (Å²) in [5.41, 5.74) is 3.52. The first kappa shape index (κ1) is 17.7. The number of benzene rings is 2. The van der Waals surface area contributed by atoms with E-state index in [4.69, 9.17) is 19.2 Å². The van der Waals surface area contributed by atoms with Gasteiger partial charge in [0.05, 0.1) is 17.8 Å². The lowest BCUT2D eigenvalue weighted by Crippen LogP contribution is -2.29. The van der Waals surface area contributed by atoms with Gasteiger partial charge in [-0.25, -0.2) is 9.37 Å². The van der Waals surface area contributed by atoms with Crippen molar-refractivity contribution in [2.24, 2.45) is 0 Å². The topological polar surface area (TPSA) is 52.6 Å². The van der Waals surface area contributed by atoms with Crippen LogP contribution in [-0.4, -0.2) is 31.5 Å². The highest BCUT2D eigenvalue weighted by atomic mass is 19.1. The van der Waals surface area contributed by atoms with E-state index in [2.05, 4.69) is 18.3 Å². The van der Waals surface area contributed by atoms with Crippen molar-refractivity contribution >= 4 is 10.9 Å². The van der Waals surface area contributed by atoms with Crippen molar-refractivity contribution in [1.82, 2.24) is 10.3 Å². The Morgan fingerprint density at radius 2 is 1.89 bits per heavy atom. The Balaban J connectivity index is 1.77. The second kappa shape index (κ2) is 7.50. The number of nitrogens with one attached hydrogen (secondary N) is 1. The van der Waals surface area contributed by atoms with Gasteiger partial charge in [0.15, 0.2) is 11.5 Å². The number of methoxy groups -OCH3 is 1. The number of aromatic nitrogens is 1. The van der Waals surface area contributed by atoms with Crippen LogP contribution in [0.15, 0.2) is 42.5 Å². The molecule has 0 spiro atoms. The molecule has 0 fully saturated rings. The highest BCUT2D eigenvalue weighted by molar-refractivity contribution is 5.86. The Kier molecular flexibility index (Phi) is 4.92. The van der Waals surface area contributed by atoms with Crippen molar-refractivity contribution in [3.8, 4) is 22.8 Å². The lowest BCUT2D eigenvalue weighted by Gasteiger charge is -2.16. The van der Waals surface area contributed by atoms with Gasteiger partial charge < -0.3 is 19.5 Å². The molecule has 0 unspecified atom stereocenters. The summed E-state index contributed by atoms with van der Waals surface area (Å²) in [6.07, 6.45) is 0. The van der Waals surface area contributed by atoms with Gasteiger partial charge in [0.25, 0.3) is 0 Å². The largest absolute Gasteiger partial charge is 0.454 e. The van der Waals surface area contributed by atoms with Crippen LogP contribution in [0, 0.1) is 5.82 Å². The average Bonchev–Trinajstić information content (AvgIpc) is 3.12. The second-order valence-electron chi connectivity index (χ2n) is 6.64. The fourth-order valence-corrected chi connectivity index (χ4v) is 3.19. The quantitative estimate of drug-likeness (QED) is 0.715. The first-order valence-corrected chi connectivity index (χ1v) is 8.85. The number of hydrogen-bond donors (Lipinski definition) is 1. The van der Waals surface area contributed by atoms with Crippen molar-refractivity contribution in [2.45, 2.75) is 19.5 Å². The maximum absolute atomic E-state index is 13.4. The SMILES string of the molecule is COC[C@@H](C)NCc1cc2cc3c(cc2nc1-c1ccc(F)cc1)OCO3. The molecule has 2 heterocycles. The molecule has 1 N–H and O–H groups in total. The molecule has 4 rings (SSSR count). The monoisotopic (exact) mass is 368 g/mol. The van der Waals surface area contributed by atoms with Crippen LogP contribution >= 0.6 is 0 Å². The van der Waals surface area contributed by atoms with Gasteiger partial charge >= 0.3 is 0 Å². The maximum atomic E-state index is 13.4. The summed E-state index contributed by atoms with van der Waals surface area (Å²) in [6.45, 7) is 3.52. The van der Waals surface area contributed by atoms with Gasteiger partial charge in [-0.15, -0.1) is 0 Å². The molecule has 1 aromatic heterocycles. The third-order valence-corrected chi connectivity index (χ3v) is 4.56. The number of hydrogen-bond acceptors (Lipinski definition) is 5. The van der Waals surface area contributed by atoms with Crippen LogP contribution < -0.4 is 14.8 Å². The molecule has 0 radical (unpaired) electrons. The first-order valence-electron chi connectivity index (χ1n) is 8.85. The summed E-state index contributed by atoms with van der Waals surface area (Å²) in [4.78, 5) is 4.85. The van der Waals surface area contributed by atoms with E-state index in [0.29, 0.717) is 18.9 Å². The Morgan fingerprint density at radius 3 is 2.63 bits per heavy atom. The molecule has 1 aliphatic rings. The van der Waals surface area contributed by atoms with Crippen LogP contribution in [0.3, 0.4) is 0 Å². The summed E-state index contributed by atoms with van der Waals surface area (Å²) in [7, 11) is 1.68. The molecular formula is C21H21FN2O3. The Labute approximate surface area is 157 Å². The molecule has 27 heavy (non-hydrogen) atoms. The van der Waals surface area contributed by atoms with Crippen molar-refractivity contribution in [3.05, 3.63) is 53.8 Å². The van der Waals surface area contributed by atoms with Gasteiger partial charge in [-0.2, -0.15) is 0 Å². The van der Waals surface area contributed by atoms with Crippen LogP contribution in [-0.2, 0) is 11.3 Å². The molecule has 2 aromatic carbocycles. The molecule has 6 heteroatoms. The lowest BCUT2D eigenvalue weighted by molar-refractivity contribution is 0.171. The van der Waals surface area contributed by atoms with Crippen LogP contribution in [0.1, 0.15) is 12.5 Å². The minimum atomic E-state index is -0.267. The zero-order chi connectivity index (χ0) is 18.8. The van der Waals surface area contributed by atoms with Crippen molar-refractivity contribution in [1.29, 1.82) is 0 Å². The maximum Gasteiger partial charge on any atom is 0.231 e. The van der Waals surface area contributed by atoms with Gasteiger partial charge in [0, 0.05) is 36.7 Å². The zero-order valence-corrected chi connectivity index (χ0v) is 15.3. The number of rotatable bonds is 6. The summed E-state index contributed by atoms with van der Waals surface area (Å²) in [6, 6.07) is 12.5. The normalized spacial score (nSPS) is 13.9. The lowest BCUT2D eigenvalue weighted by atomic mass is 10.0. The van der Waals surface area contributed by atoms with Crippen LogP contribution in [0.25, 0.3) is 22.2 Å². The number of halogens is 1. The third-order valence-electron chi connectivity index (χ3n) is 4.56. The molecule has 0 saturated heterocycles. The Bertz CT molecular complexity index is 960. The summed E-state index contributed by atoms with van der Waals surface area (Å²) < 4.78 is 29.5. The Hall–Kier alpha value is -2.70. The van der Waals surface area contributed by atoms with E-state index in [9.17, 15) is 4.39 Å². The molecule has 5 nitrogen and oxygen atoms in total. The van der Waals surface area contributed by atoms with E-state index in [1.54, 1.807) is 19.2 Å². The van der Waals surface area contributed by atoms with Gasteiger partial charge in [0.2, 0.25) is 6.79 Å². The summed E-state index contributed by atoms with van der Waals surface area (Å²) >= 11 is 0. The molecule has 0 amide bonds. The van der Waals surface area contributed by atoms with Gasteiger partial charge in [-0.1, -0.05) is 0 Å². The molecule has 3 aromatic rings. The van der Waals surface area contributed by atoms with E-state index >= 15 is 0 Å². The minimum absolute atomic E-state index is 0.198. The van der Waals surface area contributed by atoms with Crippen molar-refractivity contribution in [2.75, 3.05) is 20.5 Å². The summed E-state index contributed by atoms with van der Waals surface area (Å²) in [5.74, 6) is 1.15. The number of fused-ring (bicyclic) bond motifs is 2. The highest BCUT2D eigenvalue weighted by Gasteiger charge is 2.17. The predicted octanol–water partition coefficient (Wildman–Crippen LogP) is 3.89. The molecule has 140 valence electrons. The van der Waals surface area contributed by atoms with Gasteiger partial charge in [0.1, 0.15) is 5.82 Å². The van der Waals surface area contributed by atoms with Crippen LogP contribution in [0.4, 0.5) is 4.39 Å². The predicted molar refractivity (Wildman–Crippen MR) is 101 cm³/mol. The Morgan fingerprint density at radius 1 is 1.15 bits per heavy atom. The standard InChI is InChI=1S/C21H21FN2O3/c1-13(11-25-2)23-10-16-7-15-8-19-20(27-12-26-19)9-18(15)24-21(16)14-3-5-17(22)6-4-14/h3-9,13,23H,10-12H2,1-2H3/t13-/m1/s1. The second-order valence-corrected chi connectivity index (χ2v) is 6.64. The molecule has 1 aliphatic heterocycles. The molecule has 0 saturated carbocycles. The number of pyridine rings is 1. The smallest absolute Gasteiger partial charge is 0.231 e. The van der Waals surface area contributed by atoms with Crippen molar-refractivity contribution < 1.29 is 18.6 Å². The number of nitrogens with zero attached hydrogens (tertiary/aromatic N) is 1. The third kappa shape index (κ3) is 3.72. The number of ether oxygens (including phenoxy) is 3. The van der Waals surface area contributed by atoms with Gasteiger partial charge in [-0.05, 0) is 48.9 Å². The van der Waals surface area contributed by atoms with Crippen LogP contribution in [0.5, 0.6) is 11.5 Å². The average molecular weight is 368 g/mol. The molecule has 1 atom stereocenters. The summed E-state index contributed by atoms with van der Waals surface area (Å²) in [5, 5.41) is 4.42. The first-order chi connectivity index (χ1) is 13.1. The van der Waals surface area contributed by atoms with Gasteiger partial charge in [-0.3, -0.25) is 0 Å².